The molecule has 2 N–H and O–H groups in total. The monoisotopic (exact) mass is 226 g/mol. The Kier molecular flexibility index (Phi) is 4.18. The quantitative estimate of drug-likeness (QED) is 0.703. The Morgan fingerprint density at radius 3 is 2.81 bits per heavy atom. The van der Waals surface area contributed by atoms with Gasteiger partial charge in [-0.3, -0.25) is 4.79 Å². The largest absolute Gasteiger partial charge is 0.480 e. The zero-order chi connectivity index (χ0) is 11.4. The summed E-state index contributed by atoms with van der Waals surface area (Å²) in [5, 5.41) is 11.6. The maximum absolute atomic E-state index is 10.4. The van der Waals surface area contributed by atoms with Gasteiger partial charge in [0.15, 0.2) is 0 Å². The second kappa shape index (κ2) is 5.64. The van der Waals surface area contributed by atoms with Crippen molar-refractivity contribution in [2.75, 3.05) is 32.7 Å². The Morgan fingerprint density at radius 1 is 1.31 bits per heavy atom. The predicted octanol–water partition coefficient (Wildman–Crippen LogP) is 0.783. The van der Waals surface area contributed by atoms with Gasteiger partial charge in [-0.25, -0.2) is 0 Å². The van der Waals surface area contributed by atoms with Gasteiger partial charge in [-0.1, -0.05) is 0 Å². The summed E-state index contributed by atoms with van der Waals surface area (Å²) in [6.45, 7) is 4.62. The van der Waals surface area contributed by atoms with Gasteiger partial charge in [0.1, 0.15) is 0 Å². The van der Waals surface area contributed by atoms with E-state index >= 15 is 0 Å². The molecule has 2 aliphatic rings. The molecule has 2 rings (SSSR count). The third kappa shape index (κ3) is 4.10. The lowest BCUT2D eigenvalue weighted by Gasteiger charge is -2.32. The number of hydrogen-bond donors (Lipinski definition) is 2. The predicted molar refractivity (Wildman–Crippen MR) is 62.4 cm³/mol. The van der Waals surface area contributed by atoms with Gasteiger partial charge in [-0.05, 0) is 50.6 Å². The average Bonchev–Trinajstić information content (AvgIpc) is 3.02. The summed E-state index contributed by atoms with van der Waals surface area (Å²) in [5.74, 6) is 0.850. The lowest BCUT2D eigenvalue weighted by molar-refractivity contribution is -0.136. The van der Waals surface area contributed by atoms with Crippen molar-refractivity contribution in [3.8, 4) is 0 Å². The number of aliphatic carboxylic acids is 1. The van der Waals surface area contributed by atoms with Crippen LogP contribution < -0.4 is 5.32 Å². The van der Waals surface area contributed by atoms with Crippen LogP contribution in [0.5, 0.6) is 0 Å². The molecule has 92 valence electrons. The summed E-state index contributed by atoms with van der Waals surface area (Å²) in [4.78, 5) is 12.9. The lowest BCUT2D eigenvalue weighted by Crippen LogP contribution is -2.41. The number of likely N-dealkylation sites (tertiary alicyclic amines) is 1. The smallest absolute Gasteiger partial charge is 0.317 e. The minimum Gasteiger partial charge on any atom is -0.480 e. The highest BCUT2D eigenvalue weighted by Crippen LogP contribution is 2.31. The molecule has 1 heterocycles. The first-order valence-electron chi connectivity index (χ1n) is 6.39. The lowest BCUT2D eigenvalue weighted by atomic mass is 9.98. The molecule has 0 bridgehead atoms. The first-order valence-corrected chi connectivity index (χ1v) is 6.39. The summed E-state index contributed by atoms with van der Waals surface area (Å²) >= 11 is 0. The van der Waals surface area contributed by atoms with E-state index in [0.29, 0.717) is 5.92 Å². The average molecular weight is 226 g/mol. The molecule has 4 nitrogen and oxygen atoms in total. The number of rotatable bonds is 6. The van der Waals surface area contributed by atoms with Gasteiger partial charge in [-0.2, -0.15) is 0 Å². The number of nitrogens with zero attached hydrogens (tertiary/aromatic N) is 1. The highest BCUT2D eigenvalue weighted by molar-refractivity contribution is 5.68. The van der Waals surface area contributed by atoms with Gasteiger partial charge < -0.3 is 15.3 Å². The van der Waals surface area contributed by atoms with Crippen molar-refractivity contribution >= 4 is 5.97 Å². The van der Waals surface area contributed by atoms with Crippen LogP contribution in [0.3, 0.4) is 0 Å². The molecule has 1 unspecified atom stereocenters. The van der Waals surface area contributed by atoms with Crippen LogP contribution >= 0.6 is 0 Å². The van der Waals surface area contributed by atoms with E-state index in [2.05, 4.69) is 10.2 Å². The molecule has 0 aromatic heterocycles. The number of carboxylic acid groups (broad SMARTS) is 1. The molecular formula is C12H22N2O2. The topological polar surface area (TPSA) is 52.6 Å². The van der Waals surface area contributed by atoms with E-state index < -0.39 is 5.97 Å². The van der Waals surface area contributed by atoms with Crippen molar-refractivity contribution in [3.63, 3.8) is 0 Å². The second-order valence-electron chi connectivity index (χ2n) is 5.24. The molecule has 1 aliphatic heterocycles. The Balaban J connectivity index is 1.62. The van der Waals surface area contributed by atoms with Crippen molar-refractivity contribution in [1.29, 1.82) is 0 Å². The molecular weight excluding hydrogens is 204 g/mol. The maximum atomic E-state index is 10.4. The van der Waals surface area contributed by atoms with Crippen molar-refractivity contribution < 1.29 is 9.90 Å². The number of piperidine rings is 1. The van der Waals surface area contributed by atoms with E-state index in [1.807, 2.05) is 0 Å². The minimum atomic E-state index is -0.759. The molecule has 16 heavy (non-hydrogen) atoms. The van der Waals surface area contributed by atoms with Crippen LogP contribution in [0.2, 0.25) is 0 Å². The van der Waals surface area contributed by atoms with Gasteiger partial charge in [0.2, 0.25) is 0 Å². The van der Waals surface area contributed by atoms with Crippen molar-refractivity contribution in [2.24, 2.45) is 11.8 Å². The van der Waals surface area contributed by atoms with Crippen LogP contribution in [-0.4, -0.2) is 48.7 Å². The van der Waals surface area contributed by atoms with Gasteiger partial charge in [0.25, 0.3) is 0 Å². The van der Waals surface area contributed by atoms with Gasteiger partial charge >= 0.3 is 5.97 Å². The molecule has 2 fully saturated rings. The van der Waals surface area contributed by atoms with Crippen LogP contribution in [0.25, 0.3) is 0 Å². The third-order valence-electron chi connectivity index (χ3n) is 3.53. The number of nitrogens with one attached hydrogen (secondary N) is 1. The Hall–Kier alpha value is -0.610. The Bertz CT molecular complexity index is 241. The van der Waals surface area contributed by atoms with Crippen molar-refractivity contribution in [2.45, 2.75) is 25.7 Å². The van der Waals surface area contributed by atoms with E-state index in [1.54, 1.807) is 0 Å². The van der Waals surface area contributed by atoms with E-state index in [-0.39, 0.29) is 6.54 Å². The SMILES string of the molecule is O=C(O)CNCC1CCCN(CC2CC2)C1. The van der Waals surface area contributed by atoms with Crippen molar-refractivity contribution in [3.05, 3.63) is 0 Å². The third-order valence-corrected chi connectivity index (χ3v) is 3.53. The molecule has 0 aromatic rings. The first kappa shape index (κ1) is 11.9. The molecule has 0 aromatic carbocycles. The fourth-order valence-corrected chi connectivity index (χ4v) is 2.53. The summed E-state index contributed by atoms with van der Waals surface area (Å²) in [5.41, 5.74) is 0. The standard InChI is InChI=1S/C12H22N2O2/c15-12(16)7-13-6-11-2-1-5-14(9-11)8-10-3-4-10/h10-11,13H,1-9H2,(H,15,16). The Morgan fingerprint density at radius 2 is 2.12 bits per heavy atom. The zero-order valence-corrected chi connectivity index (χ0v) is 9.82. The van der Waals surface area contributed by atoms with Crippen LogP contribution in [0.4, 0.5) is 0 Å². The molecule has 1 atom stereocenters. The Labute approximate surface area is 97.0 Å². The summed E-state index contributed by atoms with van der Waals surface area (Å²) in [6, 6.07) is 0. The van der Waals surface area contributed by atoms with Crippen molar-refractivity contribution in [1.82, 2.24) is 10.2 Å². The normalized spacial score (nSPS) is 26.9. The molecule has 1 aliphatic carbocycles. The summed E-state index contributed by atoms with van der Waals surface area (Å²) in [6.07, 6.45) is 5.34. The summed E-state index contributed by atoms with van der Waals surface area (Å²) in [7, 11) is 0. The summed E-state index contributed by atoms with van der Waals surface area (Å²) < 4.78 is 0. The van der Waals surface area contributed by atoms with Crippen LogP contribution in [-0.2, 0) is 4.79 Å². The van der Waals surface area contributed by atoms with Gasteiger partial charge in [-0.15, -0.1) is 0 Å². The van der Waals surface area contributed by atoms with Crippen LogP contribution in [0.1, 0.15) is 25.7 Å². The van der Waals surface area contributed by atoms with E-state index in [1.165, 1.54) is 38.8 Å². The molecule has 0 radical (unpaired) electrons. The molecule has 0 amide bonds. The molecule has 0 spiro atoms. The molecule has 4 heteroatoms. The fourth-order valence-electron chi connectivity index (χ4n) is 2.53. The fraction of sp³-hybridized carbons (Fsp3) is 0.917. The number of carbonyl (C=O) groups is 1. The number of carboxylic acids is 1. The molecule has 1 saturated heterocycles. The minimum absolute atomic E-state index is 0.0964. The van der Waals surface area contributed by atoms with Crippen LogP contribution in [0.15, 0.2) is 0 Å². The molecule has 1 saturated carbocycles. The maximum Gasteiger partial charge on any atom is 0.317 e. The highest BCUT2D eigenvalue weighted by Gasteiger charge is 2.27. The van der Waals surface area contributed by atoms with Crippen LogP contribution in [0, 0.1) is 11.8 Å². The first-order chi connectivity index (χ1) is 7.74. The highest BCUT2D eigenvalue weighted by atomic mass is 16.4. The van der Waals surface area contributed by atoms with E-state index in [0.717, 1.165) is 19.0 Å². The number of hydrogen-bond acceptors (Lipinski definition) is 3. The second-order valence-corrected chi connectivity index (χ2v) is 5.24. The van der Waals surface area contributed by atoms with Gasteiger partial charge in [0.05, 0.1) is 6.54 Å². The van der Waals surface area contributed by atoms with E-state index in [9.17, 15) is 4.79 Å². The zero-order valence-electron chi connectivity index (χ0n) is 9.82. The van der Waals surface area contributed by atoms with Gasteiger partial charge in [0, 0.05) is 13.1 Å². The van der Waals surface area contributed by atoms with E-state index in [4.69, 9.17) is 5.11 Å².